The van der Waals surface area contributed by atoms with E-state index in [9.17, 15) is 8.42 Å². The van der Waals surface area contributed by atoms with E-state index in [-0.39, 0.29) is 0 Å². The first-order valence-electron chi connectivity index (χ1n) is 6.75. The fourth-order valence-electron chi connectivity index (χ4n) is 1.72. The lowest BCUT2D eigenvalue weighted by molar-refractivity contribution is 0.329. The van der Waals surface area contributed by atoms with Gasteiger partial charge >= 0.3 is 0 Å². The summed E-state index contributed by atoms with van der Waals surface area (Å²) in [6, 6.07) is 0.984. The smallest absolute Gasteiger partial charge is 0.215 e. The molecule has 0 aromatic rings. The lowest BCUT2D eigenvalue weighted by atomic mass is 10.3. The van der Waals surface area contributed by atoms with Crippen molar-refractivity contribution < 1.29 is 8.42 Å². The molecule has 1 fully saturated rings. The molecule has 0 bridgehead atoms. The van der Waals surface area contributed by atoms with Crippen LogP contribution < -0.4 is 10.0 Å². The van der Waals surface area contributed by atoms with Gasteiger partial charge in [-0.1, -0.05) is 13.8 Å². The molecule has 108 valence electrons. The number of hydrogen-bond acceptors (Lipinski definition) is 4. The van der Waals surface area contributed by atoms with Gasteiger partial charge in [0.05, 0.1) is 5.25 Å². The van der Waals surface area contributed by atoms with E-state index in [4.69, 9.17) is 0 Å². The van der Waals surface area contributed by atoms with Crippen LogP contribution in [-0.2, 0) is 10.0 Å². The molecule has 1 aliphatic rings. The van der Waals surface area contributed by atoms with Crippen molar-refractivity contribution in [2.24, 2.45) is 0 Å². The van der Waals surface area contributed by atoms with Crippen molar-refractivity contribution >= 4 is 10.0 Å². The number of likely N-dealkylation sites (N-methyl/N-ethyl adjacent to an activating group) is 1. The maximum Gasteiger partial charge on any atom is 0.215 e. The molecule has 0 radical (unpaired) electrons. The Morgan fingerprint density at radius 1 is 1.28 bits per heavy atom. The second-order valence-electron chi connectivity index (χ2n) is 5.52. The fraction of sp³-hybridized carbons (Fsp3) is 1.00. The van der Waals surface area contributed by atoms with Crippen molar-refractivity contribution in [2.75, 3.05) is 26.7 Å². The molecular weight excluding hydrogens is 250 g/mol. The van der Waals surface area contributed by atoms with Gasteiger partial charge in [0.1, 0.15) is 0 Å². The Balaban J connectivity index is 2.24. The molecule has 0 aliphatic heterocycles. The molecule has 0 saturated heterocycles. The van der Waals surface area contributed by atoms with Gasteiger partial charge in [-0.15, -0.1) is 0 Å². The average Bonchev–Trinajstić information content (AvgIpc) is 3.08. The zero-order valence-electron chi connectivity index (χ0n) is 11.9. The average molecular weight is 277 g/mol. The Bertz CT molecular complexity index is 339. The van der Waals surface area contributed by atoms with Crippen LogP contribution in [-0.4, -0.2) is 57.3 Å². The van der Waals surface area contributed by atoms with Gasteiger partial charge in [0.15, 0.2) is 0 Å². The second-order valence-corrected chi connectivity index (χ2v) is 7.71. The van der Waals surface area contributed by atoms with Crippen LogP contribution in [0.4, 0.5) is 0 Å². The first kappa shape index (κ1) is 15.9. The quantitative estimate of drug-likeness (QED) is 0.640. The summed E-state index contributed by atoms with van der Waals surface area (Å²) in [5.41, 5.74) is 0. The van der Waals surface area contributed by atoms with Crippen LogP contribution in [0.2, 0.25) is 0 Å². The number of rotatable bonds is 9. The molecule has 18 heavy (non-hydrogen) atoms. The van der Waals surface area contributed by atoms with Crippen LogP contribution >= 0.6 is 0 Å². The molecule has 5 nitrogen and oxygen atoms in total. The summed E-state index contributed by atoms with van der Waals surface area (Å²) >= 11 is 0. The van der Waals surface area contributed by atoms with Gasteiger partial charge in [-0.25, -0.2) is 13.1 Å². The molecule has 0 heterocycles. The first-order chi connectivity index (χ1) is 8.33. The summed E-state index contributed by atoms with van der Waals surface area (Å²) in [7, 11) is -1.14. The highest BCUT2D eigenvalue weighted by Crippen LogP contribution is 2.24. The van der Waals surface area contributed by atoms with E-state index >= 15 is 0 Å². The van der Waals surface area contributed by atoms with E-state index < -0.39 is 15.3 Å². The lowest BCUT2D eigenvalue weighted by Gasteiger charge is -2.19. The zero-order chi connectivity index (χ0) is 13.8. The maximum absolute atomic E-state index is 11.9. The van der Waals surface area contributed by atoms with Crippen molar-refractivity contribution in [1.82, 2.24) is 14.9 Å². The van der Waals surface area contributed by atoms with Gasteiger partial charge in [0, 0.05) is 31.7 Å². The van der Waals surface area contributed by atoms with Crippen LogP contribution in [0.5, 0.6) is 0 Å². The first-order valence-corrected chi connectivity index (χ1v) is 8.29. The number of nitrogens with zero attached hydrogens (tertiary/aromatic N) is 1. The minimum absolute atomic E-state index is 0.309. The number of nitrogens with one attached hydrogen (secondary N) is 2. The van der Waals surface area contributed by atoms with Gasteiger partial charge in [-0.3, -0.25) is 0 Å². The number of hydrogen-bond donors (Lipinski definition) is 2. The third-order valence-electron chi connectivity index (χ3n) is 3.28. The maximum atomic E-state index is 11.9. The summed E-state index contributed by atoms with van der Waals surface area (Å²) < 4.78 is 26.6. The fourth-order valence-corrected chi connectivity index (χ4v) is 2.69. The van der Waals surface area contributed by atoms with Gasteiger partial charge in [0.2, 0.25) is 10.0 Å². The van der Waals surface area contributed by atoms with Gasteiger partial charge < -0.3 is 10.2 Å². The van der Waals surface area contributed by atoms with Gasteiger partial charge in [0.25, 0.3) is 0 Å². The summed E-state index contributed by atoms with van der Waals surface area (Å²) in [4.78, 5) is 2.22. The zero-order valence-corrected chi connectivity index (χ0v) is 12.8. The van der Waals surface area contributed by atoms with E-state index in [1.807, 2.05) is 13.8 Å². The molecule has 1 atom stereocenters. The Labute approximate surface area is 111 Å². The molecular formula is C12H27N3O2S. The standard InChI is InChI=1S/C12H27N3O2S/c1-10(2)13-9-11(3)18(16,17)14-7-8-15(4)12-5-6-12/h10-14H,5-9H2,1-4H3. The molecule has 6 heteroatoms. The summed E-state index contributed by atoms with van der Waals surface area (Å²) in [6.07, 6.45) is 2.50. The Hall–Kier alpha value is -0.170. The topological polar surface area (TPSA) is 61.4 Å². The molecule has 0 amide bonds. The minimum Gasteiger partial charge on any atom is -0.313 e. The number of sulfonamides is 1. The van der Waals surface area contributed by atoms with Crippen LogP contribution in [0.1, 0.15) is 33.6 Å². The van der Waals surface area contributed by atoms with Crippen molar-refractivity contribution in [1.29, 1.82) is 0 Å². The molecule has 0 aromatic heterocycles. The molecule has 0 spiro atoms. The SMILES string of the molecule is CC(C)NCC(C)S(=O)(=O)NCCN(C)C1CC1. The Morgan fingerprint density at radius 2 is 1.89 bits per heavy atom. The third kappa shape index (κ3) is 5.65. The predicted octanol–water partition coefficient (Wildman–Crippen LogP) is 0.387. The largest absolute Gasteiger partial charge is 0.313 e. The molecule has 0 aromatic carbocycles. The summed E-state index contributed by atoms with van der Waals surface area (Å²) in [5.74, 6) is 0. The van der Waals surface area contributed by atoms with Gasteiger partial charge in [-0.05, 0) is 26.8 Å². The Morgan fingerprint density at radius 3 is 2.39 bits per heavy atom. The van der Waals surface area contributed by atoms with Crippen molar-refractivity contribution in [3.8, 4) is 0 Å². The monoisotopic (exact) mass is 277 g/mol. The Kier molecular flexibility index (Phi) is 6.04. The van der Waals surface area contributed by atoms with Crippen LogP contribution in [0, 0.1) is 0 Å². The highest BCUT2D eigenvalue weighted by atomic mass is 32.2. The summed E-state index contributed by atoms with van der Waals surface area (Å²) in [5, 5.41) is 2.75. The second kappa shape index (κ2) is 6.84. The highest BCUT2D eigenvalue weighted by Gasteiger charge is 2.26. The summed E-state index contributed by atoms with van der Waals surface area (Å²) in [6.45, 7) is 7.54. The minimum atomic E-state index is -3.20. The van der Waals surface area contributed by atoms with E-state index in [1.54, 1.807) is 6.92 Å². The molecule has 2 N–H and O–H groups in total. The highest BCUT2D eigenvalue weighted by molar-refractivity contribution is 7.90. The van der Waals surface area contributed by atoms with Crippen molar-refractivity contribution in [2.45, 2.75) is 50.9 Å². The normalized spacial score (nSPS) is 18.6. The third-order valence-corrected chi connectivity index (χ3v) is 5.11. The molecule has 1 rings (SSSR count). The van der Waals surface area contributed by atoms with Crippen molar-refractivity contribution in [3.63, 3.8) is 0 Å². The molecule has 1 unspecified atom stereocenters. The van der Waals surface area contributed by atoms with Crippen LogP contribution in [0.15, 0.2) is 0 Å². The lowest BCUT2D eigenvalue weighted by Crippen LogP contribution is -2.43. The van der Waals surface area contributed by atoms with Gasteiger partial charge in [-0.2, -0.15) is 0 Å². The van der Waals surface area contributed by atoms with Crippen LogP contribution in [0.25, 0.3) is 0 Å². The molecule has 1 aliphatic carbocycles. The van der Waals surface area contributed by atoms with E-state index in [1.165, 1.54) is 12.8 Å². The van der Waals surface area contributed by atoms with Crippen molar-refractivity contribution in [3.05, 3.63) is 0 Å². The predicted molar refractivity (Wildman–Crippen MR) is 75.2 cm³/mol. The van der Waals surface area contributed by atoms with E-state index in [0.717, 1.165) is 6.54 Å². The van der Waals surface area contributed by atoms with E-state index in [2.05, 4.69) is 22.0 Å². The van der Waals surface area contributed by atoms with E-state index in [0.29, 0.717) is 25.2 Å². The molecule has 1 saturated carbocycles. The van der Waals surface area contributed by atoms with Crippen LogP contribution in [0.3, 0.4) is 0 Å².